The van der Waals surface area contributed by atoms with E-state index < -0.39 is 12.3 Å². The van der Waals surface area contributed by atoms with Crippen molar-refractivity contribution in [2.24, 2.45) is 0 Å². The summed E-state index contributed by atoms with van der Waals surface area (Å²) in [7, 11) is 1.86. The van der Waals surface area contributed by atoms with Crippen LogP contribution in [0.4, 0.5) is 0 Å². The van der Waals surface area contributed by atoms with Gasteiger partial charge in [0, 0.05) is 13.6 Å². The number of ether oxygens (including phenoxy) is 2. The molecule has 0 saturated carbocycles. The molecule has 2 rings (SSSR count). The first-order valence-electron chi connectivity index (χ1n) is 6.50. The third-order valence-electron chi connectivity index (χ3n) is 2.91. The molecule has 1 unspecified atom stereocenters. The summed E-state index contributed by atoms with van der Waals surface area (Å²) in [5.74, 6) is -0.535. The minimum absolute atomic E-state index is 0.0597. The van der Waals surface area contributed by atoms with Gasteiger partial charge in [-0.25, -0.2) is 4.79 Å². The van der Waals surface area contributed by atoms with Crippen molar-refractivity contribution >= 4 is 17.6 Å². The van der Waals surface area contributed by atoms with Crippen molar-refractivity contribution in [3.05, 3.63) is 46.6 Å². The molecule has 1 atom stereocenters. The fourth-order valence-corrected chi connectivity index (χ4v) is 2.32. The molecule has 0 saturated heterocycles. The van der Waals surface area contributed by atoms with E-state index in [0.29, 0.717) is 12.2 Å². The zero-order chi connectivity index (χ0) is 14.7. The first-order chi connectivity index (χ1) is 9.49. The Balaban J connectivity index is 2.16. The number of likely N-dealkylation sites (N-methyl/N-ethyl adjacent to an activating group) is 1. The zero-order valence-electron chi connectivity index (χ0n) is 11.8. The van der Waals surface area contributed by atoms with Crippen molar-refractivity contribution in [2.45, 2.75) is 32.8 Å². The molecule has 0 aliphatic carbocycles. The van der Waals surface area contributed by atoms with Gasteiger partial charge in [0.05, 0.1) is 6.10 Å². The average Bonchev–Trinajstić information content (AvgIpc) is 2.65. The molecule has 0 aromatic heterocycles. The maximum Gasteiger partial charge on any atom is 0.354 e. The van der Waals surface area contributed by atoms with Gasteiger partial charge in [0.15, 0.2) is 5.03 Å². The summed E-state index contributed by atoms with van der Waals surface area (Å²) in [5, 5.41) is 0.0917. The predicted octanol–water partition coefficient (Wildman–Crippen LogP) is 2.88. The number of halogens is 1. The van der Waals surface area contributed by atoms with Crippen molar-refractivity contribution in [1.29, 1.82) is 0 Å². The fourth-order valence-electron chi connectivity index (χ4n) is 2.04. The van der Waals surface area contributed by atoms with Gasteiger partial charge < -0.3 is 14.4 Å². The number of carbonyl (C=O) groups excluding carboxylic acids is 1. The van der Waals surface area contributed by atoms with Gasteiger partial charge in [-0.2, -0.15) is 0 Å². The van der Waals surface area contributed by atoms with Gasteiger partial charge in [0.25, 0.3) is 0 Å². The van der Waals surface area contributed by atoms with Gasteiger partial charge >= 0.3 is 5.97 Å². The molecule has 20 heavy (non-hydrogen) atoms. The van der Waals surface area contributed by atoms with Crippen LogP contribution in [0.25, 0.3) is 0 Å². The van der Waals surface area contributed by atoms with E-state index in [1.807, 2.05) is 56.1 Å². The second kappa shape index (κ2) is 6.29. The van der Waals surface area contributed by atoms with Crippen LogP contribution in [0.5, 0.6) is 0 Å². The van der Waals surface area contributed by atoms with E-state index in [1.165, 1.54) is 0 Å². The molecular formula is C15H18ClNO3. The topological polar surface area (TPSA) is 38.8 Å². The Hall–Kier alpha value is -1.52. The number of esters is 1. The van der Waals surface area contributed by atoms with Gasteiger partial charge in [-0.1, -0.05) is 41.9 Å². The highest BCUT2D eigenvalue weighted by molar-refractivity contribution is 6.42. The van der Waals surface area contributed by atoms with Crippen LogP contribution in [-0.2, 0) is 20.8 Å². The number of carbonyl (C=O) groups is 1. The lowest BCUT2D eigenvalue weighted by molar-refractivity contribution is -0.168. The van der Waals surface area contributed by atoms with Crippen molar-refractivity contribution in [3.63, 3.8) is 0 Å². The maximum absolute atomic E-state index is 11.6. The molecule has 0 radical (unpaired) electrons. The Morgan fingerprint density at radius 3 is 2.60 bits per heavy atom. The summed E-state index contributed by atoms with van der Waals surface area (Å²) < 4.78 is 10.7. The highest BCUT2D eigenvalue weighted by atomic mass is 35.5. The van der Waals surface area contributed by atoms with E-state index in [0.717, 1.165) is 5.56 Å². The van der Waals surface area contributed by atoms with Crippen molar-refractivity contribution in [2.75, 3.05) is 7.05 Å². The van der Waals surface area contributed by atoms with Gasteiger partial charge in [-0.3, -0.25) is 0 Å². The minimum atomic E-state index is -0.733. The number of benzene rings is 1. The molecule has 1 aliphatic rings. The second-order valence-electron chi connectivity index (χ2n) is 4.96. The lowest BCUT2D eigenvalue weighted by Gasteiger charge is -2.25. The molecule has 0 spiro atoms. The van der Waals surface area contributed by atoms with E-state index in [4.69, 9.17) is 21.1 Å². The van der Waals surface area contributed by atoms with E-state index in [-0.39, 0.29) is 11.1 Å². The smallest absolute Gasteiger partial charge is 0.354 e. The van der Waals surface area contributed by atoms with Crippen LogP contribution in [0.15, 0.2) is 41.1 Å². The van der Waals surface area contributed by atoms with Crippen molar-refractivity contribution < 1.29 is 14.3 Å². The number of nitrogens with zero attached hydrogens (tertiary/aromatic N) is 1. The SMILES string of the molecule is CC(C)OC1OC(=O)C(Cl)=C1N(C)Cc1ccccc1. The Kier molecular flexibility index (Phi) is 4.68. The Bertz CT molecular complexity index is 513. The highest BCUT2D eigenvalue weighted by Crippen LogP contribution is 2.30. The summed E-state index contributed by atoms with van der Waals surface area (Å²) in [5.41, 5.74) is 1.70. The zero-order valence-corrected chi connectivity index (χ0v) is 12.6. The van der Waals surface area contributed by atoms with Crippen LogP contribution in [0.2, 0.25) is 0 Å². The van der Waals surface area contributed by atoms with Crippen LogP contribution < -0.4 is 0 Å². The van der Waals surface area contributed by atoms with Gasteiger partial charge in [-0.05, 0) is 19.4 Å². The molecule has 0 fully saturated rings. The van der Waals surface area contributed by atoms with Crippen molar-refractivity contribution in [3.8, 4) is 0 Å². The number of rotatable bonds is 5. The van der Waals surface area contributed by atoms with E-state index in [9.17, 15) is 4.79 Å². The lowest BCUT2D eigenvalue weighted by atomic mass is 10.2. The van der Waals surface area contributed by atoms with Crippen LogP contribution in [0.1, 0.15) is 19.4 Å². The number of hydrogen-bond donors (Lipinski definition) is 0. The minimum Gasteiger partial charge on any atom is -0.425 e. The molecule has 0 N–H and O–H groups in total. The highest BCUT2D eigenvalue weighted by Gasteiger charge is 2.36. The van der Waals surface area contributed by atoms with Gasteiger partial charge in [0.2, 0.25) is 6.29 Å². The van der Waals surface area contributed by atoms with Crippen LogP contribution >= 0.6 is 11.6 Å². The third-order valence-corrected chi connectivity index (χ3v) is 3.26. The molecule has 1 aromatic carbocycles. The third kappa shape index (κ3) is 3.32. The summed E-state index contributed by atoms with van der Waals surface area (Å²) in [6.45, 7) is 4.39. The van der Waals surface area contributed by atoms with Gasteiger partial charge in [0.1, 0.15) is 5.70 Å². The summed E-state index contributed by atoms with van der Waals surface area (Å²) in [4.78, 5) is 13.5. The molecule has 1 aliphatic heterocycles. The molecule has 5 heteroatoms. The molecule has 1 aromatic rings. The monoisotopic (exact) mass is 295 g/mol. The fraction of sp³-hybridized carbons (Fsp3) is 0.400. The van der Waals surface area contributed by atoms with Crippen LogP contribution in [0.3, 0.4) is 0 Å². The number of hydrogen-bond acceptors (Lipinski definition) is 4. The van der Waals surface area contributed by atoms with Crippen LogP contribution in [-0.4, -0.2) is 30.3 Å². The Morgan fingerprint density at radius 1 is 1.35 bits per heavy atom. The molecule has 0 bridgehead atoms. The summed E-state index contributed by atoms with van der Waals surface area (Å²) >= 11 is 6.05. The maximum atomic E-state index is 11.6. The van der Waals surface area contributed by atoms with E-state index in [2.05, 4.69) is 0 Å². The largest absolute Gasteiger partial charge is 0.425 e. The first kappa shape index (κ1) is 14.9. The number of cyclic esters (lactones) is 1. The Morgan fingerprint density at radius 2 is 2.00 bits per heavy atom. The van der Waals surface area contributed by atoms with Crippen molar-refractivity contribution in [1.82, 2.24) is 4.90 Å². The molecule has 0 amide bonds. The standard InChI is InChI=1S/C15H18ClNO3/c1-10(2)19-15-13(12(16)14(18)20-15)17(3)9-11-7-5-4-6-8-11/h4-8,10,15H,9H2,1-3H3. The molecule has 4 nitrogen and oxygen atoms in total. The first-order valence-corrected chi connectivity index (χ1v) is 6.88. The van der Waals surface area contributed by atoms with E-state index >= 15 is 0 Å². The summed E-state index contributed by atoms with van der Waals surface area (Å²) in [6, 6.07) is 9.93. The predicted molar refractivity (Wildman–Crippen MR) is 76.9 cm³/mol. The quantitative estimate of drug-likeness (QED) is 0.783. The van der Waals surface area contributed by atoms with Gasteiger partial charge in [-0.15, -0.1) is 0 Å². The van der Waals surface area contributed by atoms with Crippen LogP contribution in [0, 0.1) is 0 Å². The molecule has 108 valence electrons. The molecular weight excluding hydrogens is 278 g/mol. The van der Waals surface area contributed by atoms with E-state index in [1.54, 1.807) is 0 Å². The molecule has 1 heterocycles. The summed E-state index contributed by atoms with van der Waals surface area (Å²) in [6.07, 6.45) is -0.792. The Labute approximate surface area is 123 Å². The lowest BCUT2D eigenvalue weighted by Crippen LogP contribution is -2.29. The average molecular weight is 296 g/mol. The second-order valence-corrected chi connectivity index (χ2v) is 5.34. The normalized spacial score (nSPS) is 18.6.